The van der Waals surface area contributed by atoms with Gasteiger partial charge in [0.2, 0.25) is 5.91 Å². The summed E-state index contributed by atoms with van der Waals surface area (Å²) in [6.45, 7) is 7.61. The number of anilines is 1. The average Bonchev–Trinajstić information content (AvgIpc) is 2.68. The van der Waals surface area contributed by atoms with Gasteiger partial charge in [-0.1, -0.05) is 11.6 Å². The van der Waals surface area contributed by atoms with Crippen molar-refractivity contribution in [2.75, 3.05) is 32.6 Å². The Bertz CT molecular complexity index is 811. The molecule has 0 saturated heterocycles. The summed E-state index contributed by atoms with van der Waals surface area (Å²) in [6.07, 6.45) is -4.78. The lowest BCUT2D eigenvalue weighted by atomic mass is 10.1. The number of benzene rings is 1. The fourth-order valence-electron chi connectivity index (χ4n) is 3.15. The largest absolute Gasteiger partial charge is 0.460 e. The molecule has 0 aliphatic rings. The Morgan fingerprint density at radius 3 is 2.26 bits per heavy atom. The van der Waals surface area contributed by atoms with Gasteiger partial charge in [-0.3, -0.25) is 9.59 Å². The lowest BCUT2D eigenvalue weighted by molar-refractivity contribution is -0.156. The number of methoxy groups -OCH3 is 2. The molecule has 1 atom stereocenters. The van der Waals surface area contributed by atoms with Crippen molar-refractivity contribution in [2.24, 2.45) is 0 Å². The van der Waals surface area contributed by atoms with E-state index in [2.05, 4.69) is 5.32 Å². The molecule has 0 bridgehead atoms. The molecule has 0 radical (unpaired) electrons. The zero-order valence-corrected chi connectivity index (χ0v) is 21.2. The minimum absolute atomic E-state index is 0.0295. The number of alkyl halides is 3. The summed E-state index contributed by atoms with van der Waals surface area (Å²) in [7, 11) is 2.85. The van der Waals surface area contributed by atoms with Gasteiger partial charge < -0.3 is 24.4 Å². The fraction of sp³-hybridized carbons (Fsp3) is 0.652. The number of amides is 1. The predicted molar refractivity (Wildman–Crippen MR) is 124 cm³/mol. The van der Waals surface area contributed by atoms with E-state index in [0.29, 0.717) is 12.1 Å². The first-order chi connectivity index (χ1) is 15.7. The van der Waals surface area contributed by atoms with Gasteiger partial charge >= 0.3 is 12.1 Å². The molecule has 1 rings (SSSR count). The van der Waals surface area contributed by atoms with Gasteiger partial charge in [-0.2, -0.15) is 13.2 Å². The third-order valence-electron chi connectivity index (χ3n) is 4.63. The van der Waals surface area contributed by atoms with E-state index >= 15 is 0 Å². The zero-order chi connectivity index (χ0) is 26.1. The molecular weight excluding hydrogens is 477 g/mol. The normalized spacial score (nSPS) is 13.0. The molecule has 7 nitrogen and oxygen atoms in total. The van der Waals surface area contributed by atoms with Crippen LogP contribution in [0.2, 0.25) is 5.02 Å². The molecule has 0 aliphatic heterocycles. The van der Waals surface area contributed by atoms with Crippen molar-refractivity contribution in [1.29, 1.82) is 0 Å². The highest BCUT2D eigenvalue weighted by molar-refractivity contribution is 6.31. The highest BCUT2D eigenvalue weighted by atomic mass is 35.5. The lowest BCUT2D eigenvalue weighted by Gasteiger charge is -2.28. The van der Waals surface area contributed by atoms with E-state index in [-0.39, 0.29) is 43.8 Å². The fourth-order valence-corrected chi connectivity index (χ4v) is 3.44. The Kier molecular flexibility index (Phi) is 11.6. The molecule has 1 aromatic rings. The Morgan fingerprint density at radius 1 is 1.15 bits per heavy atom. The molecular formula is C23H34ClF3N2O5. The van der Waals surface area contributed by atoms with Gasteiger partial charge in [-0.15, -0.1) is 0 Å². The van der Waals surface area contributed by atoms with Crippen LogP contribution in [0.4, 0.5) is 18.9 Å². The molecule has 0 spiro atoms. The van der Waals surface area contributed by atoms with Crippen molar-refractivity contribution in [3.63, 3.8) is 0 Å². The molecule has 0 aromatic heterocycles. The van der Waals surface area contributed by atoms with Gasteiger partial charge in [-0.05, 0) is 52.3 Å². The van der Waals surface area contributed by atoms with E-state index in [9.17, 15) is 22.8 Å². The number of carbonyl (C=O) groups is 2. The van der Waals surface area contributed by atoms with Gasteiger partial charge in [-0.25, -0.2) is 0 Å². The quantitative estimate of drug-likeness (QED) is 0.311. The average molecular weight is 511 g/mol. The number of ether oxygens (including phenoxy) is 3. The number of halogens is 4. The van der Waals surface area contributed by atoms with Gasteiger partial charge in [0.15, 0.2) is 6.29 Å². The Balaban J connectivity index is 2.83. The van der Waals surface area contributed by atoms with Crippen LogP contribution in [0.1, 0.15) is 52.5 Å². The molecule has 194 valence electrons. The molecule has 34 heavy (non-hydrogen) atoms. The number of hydrogen-bond donors (Lipinski definition) is 1. The number of esters is 1. The second kappa shape index (κ2) is 13.2. The van der Waals surface area contributed by atoms with Crippen molar-refractivity contribution < 1.29 is 37.0 Å². The molecule has 1 amide bonds. The first kappa shape index (κ1) is 30.0. The van der Waals surface area contributed by atoms with E-state index < -0.39 is 28.7 Å². The predicted octanol–water partition coefficient (Wildman–Crippen LogP) is 5.12. The van der Waals surface area contributed by atoms with Crippen LogP contribution >= 0.6 is 11.6 Å². The van der Waals surface area contributed by atoms with Crippen molar-refractivity contribution >= 4 is 29.2 Å². The minimum Gasteiger partial charge on any atom is -0.460 e. The van der Waals surface area contributed by atoms with E-state index in [1.165, 1.54) is 26.4 Å². The lowest BCUT2D eigenvalue weighted by Crippen LogP contribution is -2.41. The van der Waals surface area contributed by atoms with Gasteiger partial charge in [0.25, 0.3) is 0 Å². The summed E-state index contributed by atoms with van der Waals surface area (Å²) in [5.41, 5.74) is -1.13. The van der Waals surface area contributed by atoms with Crippen molar-refractivity contribution in [2.45, 2.75) is 71.1 Å². The topological polar surface area (TPSA) is 77.1 Å². The summed E-state index contributed by atoms with van der Waals surface area (Å²) >= 11 is 5.79. The first-order valence-corrected chi connectivity index (χ1v) is 11.2. The molecule has 11 heteroatoms. The second-order valence-electron chi connectivity index (χ2n) is 8.87. The number of nitrogens with one attached hydrogen (secondary N) is 1. The van der Waals surface area contributed by atoms with Crippen LogP contribution in [0, 0.1) is 0 Å². The SMILES string of the molecule is COC(CC(=O)N(CCCC(=O)OC(C)(C)C)C[C@@H](C)Nc1ccc(C(F)(F)F)c(Cl)c1)OC. The molecule has 0 unspecified atom stereocenters. The van der Waals surface area contributed by atoms with E-state index in [1.807, 2.05) is 0 Å². The van der Waals surface area contributed by atoms with Crippen LogP contribution < -0.4 is 5.32 Å². The number of carbonyl (C=O) groups excluding carboxylic acids is 2. The monoisotopic (exact) mass is 510 g/mol. The van der Waals surface area contributed by atoms with Crippen LogP contribution in [0.15, 0.2) is 18.2 Å². The molecule has 0 heterocycles. The molecule has 0 saturated carbocycles. The van der Waals surface area contributed by atoms with Crippen molar-refractivity contribution in [3.05, 3.63) is 28.8 Å². The van der Waals surface area contributed by atoms with Gasteiger partial charge in [0, 0.05) is 45.5 Å². The number of rotatable bonds is 12. The summed E-state index contributed by atoms with van der Waals surface area (Å²) < 4.78 is 54.3. The maximum absolute atomic E-state index is 12.9. The zero-order valence-electron chi connectivity index (χ0n) is 20.4. The van der Waals surface area contributed by atoms with Crippen LogP contribution in [0.3, 0.4) is 0 Å². The summed E-state index contributed by atoms with van der Waals surface area (Å²) in [5, 5.41) is 2.64. The van der Waals surface area contributed by atoms with E-state index in [0.717, 1.165) is 6.07 Å². The van der Waals surface area contributed by atoms with E-state index in [1.54, 1.807) is 32.6 Å². The van der Waals surface area contributed by atoms with Crippen LogP contribution in [0.5, 0.6) is 0 Å². The maximum atomic E-state index is 12.9. The Morgan fingerprint density at radius 2 is 1.76 bits per heavy atom. The van der Waals surface area contributed by atoms with Crippen LogP contribution in [-0.4, -0.2) is 62.0 Å². The first-order valence-electron chi connectivity index (χ1n) is 10.8. The van der Waals surface area contributed by atoms with E-state index in [4.69, 9.17) is 25.8 Å². The Hall–Kier alpha value is -2.04. The standard InChI is InChI=1S/C23H34ClF3N2O5/c1-15(28-16-9-10-17(18(24)12-16)23(25,26)27)14-29(19(30)13-21(32-5)33-6)11-7-8-20(31)34-22(2,3)4/h9-10,12,15,21,28H,7-8,11,13-14H2,1-6H3/t15-/m1/s1. The summed E-state index contributed by atoms with van der Waals surface area (Å²) in [5.74, 6) is -0.617. The number of nitrogens with zero attached hydrogens (tertiary/aromatic N) is 1. The van der Waals surface area contributed by atoms with Crippen LogP contribution in [-0.2, 0) is 30.0 Å². The van der Waals surface area contributed by atoms with Gasteiger partial charge in [0.1, 0.15) is 5.60 Å². The maximum Gasteiger partial charge on any atom is 0.417 e. The highest BCUT2D eigenvalue weighted by Crippen LogP contribution is 2.35. The van der Waals surface area contributed by atoms with Crippen molar-refractivity contribution in [3.8, 4) is 0 Å². The minimum atomic E-state index is -4.54. The van der Waals surface area contributed by atoms with Gasteiger partial charge in [0.05, 0.1) is 17.0 Å². The molecule has 1 N–H and O–H groups in total. The second-order valence-corrected chi connectivity index (χ2v) is 9.28. The molecule has 0 aliphatic carbocycles. The molecule has 0 fully saturated rings. The third kappa shape index (κ3) is 10.9. The third-order valence-corrected chi connectivity index (χ3v) is 4.94. The molecule has 1 aromatic carbocycles. The van der Waals surface area contributed by atoms with Crippen molar-refractivity contribution in [1.82, 2.24) is 4.90 Å². The highest BCUT2D eigenvalue weighted by Gasteiger charge is 2.33. The Labute approximate surface area is 203 Å². The summed E-state index contributed by atoms with van der Waals surface area (Å²) in [6, 6.07) is 3.05. The summed E-state index contributed by atoms with van der Waals surface area (Å²) in [4.78, 5) is 26.4. The number of hydrogen-bond acceptors (Lipinski definition) is 6. The smallest absolute Gasteiger partial charge is 0.417 e. The van der Waals surface area contributed by atoms with Crippen LogP contribution in [0.25, 0.3) is 0 Å².